The summed E-state index contributed by atoms with van der Waals surface area (Å²) in [5, 5.41) is 14.6. The highest BCUT2D eigenvalue weighted by Gasteiger charge is 2.23. The Morgan fingerprint density at radius 2 is 2.00 bits per heavy atom. The summed E-state index contributed by atoms with van der Waals surface area (Å²) in [5.74, 6) is -0.839. The van der Waals surface area contributed by atoms with Gasteiger partial charge in [-0.15, -0.1) is 0 Å². The van der Waals surface area contributed by atoms with E-state index in [1.165, 1.54) is 5.56 Å². The van der Waals surface area contributed by atoms with E-state index in [4.69, 9.17) is 10.9 Å². The third-order valence-corrected chi connectivity index (χ3v) is 3.30. The van der Waals surface area contributed by atoms with Gasteiger partial charge in [-0.3, -0.25) is 4.79 Å². The molecule has 110 valence electrons. The third kappa shape index (κ3) is 4.26. The maximum Gasteiger partial charge on any atom is 0.231 e. The fourth-order valence-corrected chi connectivity index (χ4v) is 2.02. The van der Waals surface area contributed by atoms with Gasteiger partial charge in [0.2, 0.25) is 5.91 Å². The molecule has 1 aromatic carbocycles. The van der Waals surface area contributed by atoms with E-state index in [0.29, 0.717) is 6.42 Å². The van der Waals surface area contributed by atoms with Crippen molar-refractivity contribution in [2.75, 3.05) is 0 Å². The molecule has 1 rings (SSSR count). The topological polar surface area (TPSA) is 87.7 Å². The van der Waals surface area contributed by atoms with Gasteiger partial charge in [-0.25, -0.2) is 0 Å². The van der Waals surface area contributed by atoms with Crippen molar-refractivity contribution in [3.63, 3.8) is 0 Å². The van der Waals surface area contributed by atoms with E-state index in [1.807, 2.05) is 45.0 Å². The standard InChI is InChI=1S/C15H23N3O2/c1-4-5-13(14(16)18-20)15(19)17-11(3)12-8-6-10(2)7-9-12/h6-9,11,13,20H,4-5H2,1-3H3,(H2,16,18)(H,17,19). The number of amides is 1. The molecule has 0 saturated heterocycles. The summed E-state index contributed by atoms with van der Waals surface area (Å²) in [7, 11) is 0. The first-order valence-electron chi connectivity index (χ1n) is 6.84. The van der Waals surface area contributed by atoms with Crippen LogP contribution >= 0.6 is 0 Å². The Bertz CT molecular complexity index is 469. The number of nitrogens with one attached hydrogen (secondary N) is 1. The lowest BCUT2D eigenvalue weighted by Crippen LogP contribution is -2.39. The van der Waals surface area contributed by atoms with E-state index in [9.17, 15) is 4.79 Å². The maximum atomic E-state index is 12.2. The number of aryl methyl sites for hydroxylation is 1. The number of hydrogen-bond acceptors (Lipinski definition) is 3. The molecule has 0 saturated carbocycles. The van der Waals surface area contributed by atoms with E-state index >= 15 is 0 Å². The molecule has 0 aliphatic heterocycles. The molecule has 2 unspecified atom stereocenters. The average Bonchev–Trinajstić information content (AvgIpc) is 2.44. The molecular weight excluding hydrogens is 254 g/mol. The smallest absolute Gasteiger partial charge is 0.231 e. The molecule has 2 atom stereocenters. The minimum Gasteiger partial charge on any atom is -0.409 e. The SMILES string of the molecule is CCCC(C(=O)NC(C)c1ccc(C)cc1)C(N)=NO. The fourth-order valence-electron chi connectivity index (χ4n) is 2.02. The van der Waals surface area contributed by atoms with Crippen LogP contribution in [0.25, 0.3) is 0 Å². The van der Waals surface area contributed by atoms with Crippen LogP contribution in [0.5, 0.6) is 0 Å². The molecule has 0 aliphatic carbocycles. The first-order valence-corrected chi connectivity index (χ1v) is 6.84. The van der Waals surface area contributed by atoms with Crippen molar-refractivity contribution in [2.24, 2.45) is 16.8 Å². The lowest BCUT2D eigenvalue weighted by molar-refractivity contribution is -0.123. The summed E-state index contributed by atoms with van der Waals surface area (Å²) >= 11 is 0. The summed E-state index contributed by atoms with van der Waals surface area (Å²) in [5.41, 5.74) is 7.78. The minimum atomic E-state index is -0.585. The molecule has 0 heterocycles. The summed E-state index contributed by atoms with van der Waals surface area (Å²) in [6.07, 6.45) is 1.34. The quantitative estimate of drug-likeness (QED) is 0.323. The molecule has 0 radical (unpaired) electrons. The number of rotatable bonds is 6. The highest BCUT2D eigenvalue weighted by Crippen LogP contribution is 2.15. The molecule has 5 nitrogen and oxygen atoms in total. The van der Waals surface area contributed by atoms with Gasteiger partial charge in [0.05, 0.1) is 12.0 Å². The van der Waals surface area contributed by atoms with E-state index in [0.717, 1.165) is 12.0 Å². The first kappa shape index (κ1) is 16.0. The molecule has 0 aliphatic rings. The zero-order chi connectivity index (χ0) is 15.1. The van der Waals surface area contributed by atoms with E-state index in [2.05, 4.69) is 10.5 Å². The Morgan fingerprint density at radius 1 is 1.40 bits per heavy atom. The van der Waals surface area contributed by atoms with Crippen molar-refractivity contribution < 1.29 is 10.0 Å². The van der Waals surface area contributed by atoms with Crippen molar-refractivity contribution >= 4 is 11.7 Å². The van der Waals surface area contributed by atoms with Crippen LogP contribution in [-0.2, 0) is 4.79 Å². The molecule has 0 bridgehead atoms. The second-order valence-electron chi connectivity index (χ2n) is 5.01. The van der Waals surface area contributed by atoms with Crippen LogP contribution in [0.3, 0.4) is 0 Å². The van der Waals surface area contributed by atoms with E-state index < -0.39 is 5.92 Å². The predicted octanol–water partition coefficient (Wildman–Crippen LogP) is 2.33. The summed E-state index contributed by atoms with van der Waals surface area (Å²) in [6.45, 7) is 5.88. The molecule has 1 amide bonds. The largest absolute Gasteiger partial charge is 0.409 e. The van der Waals surface area contributed by atoms with E-state index in [1.54, 1.807) is 0 Å². The summed E-state index contributed by atoms with van der Waals surface area (Å²) in [6, 6.07) is 7.86. The average molecular weight is 277 g/mol. The first-order chi connectivity index (χ1) is 9.49. The number of oxime groups is 1. The van der Waals surface area contributed by atoms with Gasteiger partial charge < -0.3 is 16.3 Å². The lowest BCUT2D eigenvalue weighted by atomic mass is 10.00. The van der Waals surface area contributed by atoms with Crippen LogP contribution in [0.15, 0.2) is 29.4 Å². The molecule has 4 N–H and O–H groups in total. The monoisotopic (exact) mass is 277 g/mol. The van der Waals surface area contributed by atoms with Crippen LogP contribution in [0.1, 0.15) is 43.9 Å². The third-order valence-electron chi connectivity index (χ3n) is 3.30. The number of benzene rings is 1. The fraction of sp³-hybridized carbons (Fsp3) is 0.467. The summed E-state index contributed by atoms with van der Waals surface area (Å²) in [4.78, 5) is 12.2. The Kier molecular flexibility index (Phi) is 6.03. The highest BCUT2D eigenvalue weighted by molar-refractivity contribution is 6.02. The van der Waals surface area contributed by atoms with Crippen molar-refractivity contribution in [1.82, 2.24) is 5.32 Å². The molecule has 5 heteroatoms. The van der Waals surface area contributed by atoms with Crippen molar-refractivity contribution in [3.05, 3.63) is 35.4 Å². The number of nitrogens with two attached hydrogens (primary N) is 1. The number of carbonyl (C=O) groups is 1. The second kappa shape index (κ2) is 7.53. The highest BCUT2D eigenvalue weighted by atomic mass is 16.4. The van der Waals surface area contributed by atoms with Gasteiger partial charge in [-0.2, -0.15) is 0 Å². The van der Waals surface area contributed by atoms with Crippen LogP contribution in [0.4, 0.5) is 0 Å². The van der Waals surface area contributed by atoms with Gasteiger partial charge >= 0.3 is 0 Å². The van der Waals surface area contributed by atoms with Crippen molar-refractivity contribution in [1.29, 1.82) is 0 Å². The Balaban J connectivity index is 2.74. The summed E-state index contributed by atoms with van der Waals surface area (Å²) < 4.78 is 0. The molecule has 1 aromatic rings. The normalized spacial score (nSPS) is 14.7. The minimum absolute atomic E-state index is 0.0412. The van der Waals surface area contributed by atoms with E-state index in [-0.39, 0.29) is 17.8 Å². The van der Waals surface area contributed by atoms with Gasteiger partial charge in [-0.1, -0.05) is 48.3 Å². The van der Waals surface area contributed by atoms with Gasteiger partial charge in [0.15, 0.2) is 5.84 Å². The number of nitrogens with zero attached hydrogens (tertiary/aromatic N) is 1. The van der Waals surface area contributed by atoms with Gasteiger partial charge in [0, 0.05) is 0 Å². The zero-order valence-corrected chi connectivity index (χ0v) is 12.3. The molecule has 0 aromatic heterocycles. The maximum absolute atomic E-state index is 12.2. The van der Waals surface area contributed by atoms with Crippen molar-refractivity contribution in [2.45, 2.75) is 39.7 Å². The van der Waals surface area contributed by atoms with Gasteiger partial charge in [-0.05, 0) is 25.8 Å². The Hall–Kier alpha value is -2.04. The zero-order valence-electron chi connectivity index (χ0n) is 12.3. The van der Waals surface area contributed by atoms with Gasteiger partial charge in [0.25, 0.3) is 0 Å². The van der Waals surface area contributed by atoms with Crippen LogP contribution in [-0.4, -0.2) is 17.0 Å². The number of carbonyl (C=O) groups excluding carboxylic acids is 1. The Morgan fingerprint density at radius 3 is 2.50 bits per heavy atom. The number of hydrogen-bond donors (Lipinski definition) is 3. The van der Waals surface area contributed by atoms with Crippen LogP contribution in [0.2, 0.25) is 0 Å². The lowest BCUT2D eigenvalue weighted by Gasteiger charge is -2.19. The van der Waals surface area contributed by atoms with Crippen molar-refractivity contribution in [3.8, 4) is 0 Å². The molecule has 0 spiro atoms. The number of amidine groups is 1. The van der Waals surface area contributed by atoms with Crippen LogP contribution in [0, 0.1) is 12.8 Å². The second-order valence-corrected chi connectivity index (χ2v) is 5.01. The molecular formula is C15H23N3O2. The van der Waals surface area contributed by atoms with Crippen LogP contribution < -0.4 is 11.1 Å². The predicted molar refractivity (Wildman–Crippen MR) is 79.5 cm³/mol. The molecule has 20 heavy (non-hydrogen) atoms. The van der Waals surface area contributed by atoms with Gasteiger partial charge in [0.1, 0.15) is 0 Å². The molecule has 0 fully saturated rings. The Labute approximate surface area is 119 Å².